The summed E-state index contributed by atoms with van der Waals surface area (Å²) in [6.07, 6.45) is 2.17. The number of aryl methyl sites for hydroxylation is 1. The lowest BCUT2D eigenvalue weighted by Gasteiger charge is -2.34. The molecule has 3 nitrogen and oxygen atoms in total. The number of fused-ring (bicyclic) bond motifs is 1. The number of nitrogens with zero attached hydrogens (tertiary/aromatic N) is 1. The normalized spacial score (nSPS) is 20.8. The number of hydrogen-bond donors (Lipinski definition) is 1. The Morgan fingerprint density at radius 2 is 2.25 bits per heavy atom. The van der Waals surface area contributed by atoms with Crippen molar-refractivity contribution in [1.82, 2.24) is 4.57 Å². The van der Waals surface area contributed by atoms with Crippen LogP contribution in [0, 0.1) is 12.3 Å². The highest BCUT2D eigenvalue weighted by Crippen LogP contribution is 2.40. The fraction of sp³-hybridized carbons (Fsp3) is 0.647. The molecule has 2 rings (SSSR count). The van der Waals surface area contributed by atoms with Gasteiger partial charge in [0.25, 0.3) is 0 Å². The van der Waals surface area contributed by atoms with E-state index >= 15 is 0 Å². The highest BCUT2D eigenvalue weighted by atomic mass is 16.5. The van der Waals surface area contributed by atoms with E-state index in [0.29, 0.717) is 6.61 Å². The Hall–Kier alpha value is -1.06. The predicted molar refractivity (Wildman–Crippen MR) is 83.8 cm³/mol. The number of aromatic nitrogens is 1. The maximum absolute atomic E-state index is 6.34. The minimum Gasteiger partial charge on any atom is -0.375 e. The molecule has 1 unspecified atom stereocenters. The molecular weight excluding hydrogens is 248 g/mol. The summed E-state index contributed by atoms with van der Waals surface area (Å²) in [6, 6.07) is 2.43. The Kier molecular flexibility index (Phi) is 4.40. The Morgan fingerprint density at radius 3 is 2.90 bits per heavy atom. The lowest BCUT2D eigenvalue weighted by atomic mass is 9.74. The van der Waals surface area contributed by atoms with Gasteiger partial charge in [-0.25, -0.2) is 0 Å². The highest BCUT2D eigenvalue weighted by molar-refractivity contribution is 5.34. The Morgan fingerprint density at radius 1 is 1.55 bits per heavy atom. The molecule has 3 heteroatoms. The summed E-state index contributed by atoms with van der Waals surface area (Å²) < 4.78 is 8.03. The molecule has 0 spiro atoms. The number of nitrogens with two attached hydrogens (primary N) is 1. The molecule has 0 fully saturated rings. The van der Waals surface area contributed by atoms with E-state index in [2.05, 4.69) is 38.0 Å². The topological polar surface area (TPSA) is 40.2 Å². The van der Waals surface area contributed by atoms with E-state index in [9.17, 15) is 0 Å². The minimum atomic E-state index is 0.171. The number of ether oxygens (including phenoxy) is 1. The second-order valence-corrected chi connectivity index (χ2v) is 7.00. The average Bonchev–Trinajstić information content (AvgIpc) is 2.60. The number of rotatable bonds is 5. The third-order valence-electron chi connectivity index (χ3n) is 4.07. The summed E-state index contributed by atoms with van der Waals surface area (Å²) in [5, 5.41) is 0. The van der Waals surface area contributed by atoms with Crippen molar-refractivity contribution in [3.63, 3.8) is 0 Å². The summed E-state index contributed by atoms with van der Waals surface area (Å²) in [4.78, 5) is 0. The van der Waals surface area contributed by atoms with Crippen LogP contribution in [0.15, 0.2) is 18.2 Å². The van der Waals surface area contributed by atoms with Crippen LogP contribution >= 0.6 is 0 Å². The molecule has 0 saturated carbocycles. The fourth-order valence-electron chi connectivity index (χ4n) is 3.22. The van der Waals surface area contributed by atoms with E-state index in [4.69, 9.17) is 10.5 Å². The van der Waals surface area contributed by atoms with E-state index in [-0.39, 0.29) is 11.5 Å². The van der Waals surface area contributed by atoms with Crippen LogP contribution in [0.3, 0.4) is 0 Å². The number of hydrogen-bond acceptors (Lipinski definition) is 2. The lowest BCUT2D eigenvalue weighted by molar-refractivity contribution is 0.145. The first-order valence-corrected chi connectivity index (χ1v) is 7.47. The van der Waals surface area contributed by atoms with Crippen LogP contribution < -0.4 is 5.73 Å². The zero-order chi connectivity index (χ0) is 14.9. The van der Waals surface area contributed by atoms with Crippen LogP contribution in [0.2, 0.25) is 0 Å². The molecule has 2 N–H and O–H groups in total. The van der Waals surface area contributed by atoms with Gasteiger partial charge < -0.3 is 15.0 Å². The molecule has 1 aromatic heterocycles. The second kappa shape index (κ2) is 5.74. The third-order valence-corrected chi connectivity index (χ3v) is 4.07. The van der Waals surface area contributed by atoms with Crippen LogP contribution in [0.5, 0.6) is 0 Å². The molecule has 1 aliphatic carbocycles. The molecule has 0 bridgehead atoms. The van der Waals surface area contributed by atoms with Crippen molar-refractivity contribution in [2.75, 3.05) is 13.2 Å². The van der Waals surface area contributed by atoms with Crippen molar-refractivity contribution >= 4 is 0 Å². The SMILES string of the molecule is C=C(C)COCCn1c(C)cc2c1CC(C)(C)CC2N. The maximum Gasteiger partial charge on any atom is 0.0672 e. The molecule has 1 heterocycles. The van der Waals surface area contributed by atoms with Crippen molar-refractivity contribution < 1.29 is 4.74 Å². The Bertz CT molecular complexity index is 499. The summed E-state index contributed by atoms with van der Waals surface area (Å²) in [5.74, 6) is 0. The van der Waals surface area contributed by atoms with E-state index < -0.39 is 0 Å². The van der Waals surface area contributed by atoms with Gasteiger partial charge in [-0.3, -0.25) is 0 Å². The third kappa shape index (κ3) is 3.33. The van der Waals surface area contributed by atoms with Gasteiger partial charge in [0.1, 0.15) is 0 Å². The molecule has 20 heavy (non-hydrogen) atoms. The fourth-order valence-corrected chi connectivity index (χ4v) is 3.22. The first-order valence-electron chi connectivity index (χ1n) is 7.47. The van der Waals surface area contributed by atoms with Crippen molar-refractivity contribution in [2.24, 2.45) is 11.1 Å². The Labute approximate surface area is 122 Å². The summed E-state index contributed by atoms with van der Waals surface area (Å²) in [6.45, 7) is 14.9. The van der Waals surface area contributed by atoms with E-state index in [1.807, 2.05) is 6.92 Å². The molecule has 0 aliphatic heterocycles. The van der Waals surface area contributed by atoms with Crippen molar-refractivity contribution in [1.29, 1.82) is 0 Å². The smallest absolute Gasteiger partial charge is 0.0672 e. The van der Waals surface area contributed by atoms with E-state index in [0.717, 1.165) is 31.6 Å². The monoisotopic (exact) mass is 276 g/mol. The molecule has 0 radical (unpaired) electrons. The van der Waals surface area contributed by atoms with E-state index in [1.54, 1.807) is 0 Å². The summed E-state index contributed by atoms with van der Waals surface area (Å²) in [7, 11) is 0. The largest absolute Gasteiger partial charge is 0.375 e. The first-order chi connectivity index (χ1) is 9.30. The van der Waals surface area contributed by atoms with Gasteiger partial charge in [-0.05, 0) is 43.7 Å². The highest BCUT2D eigenvalue weighted by Gasteiger charge is 2.33. The summed E-state index contributed by atoms with van der Waals surface area (Å²) >= 11 is 0. The first kappa shape index (κ1) is 15.3. The van der Waals surface area contributed by atoms with Gasteiger partial charge in [0, 0.05) is 24.0 Å². The van der Waals surface area contributed by atoms with Gasteiger partial charge in [-0.1, -0.05) is 26.0 Å². The van der Waals surface area contributed by atoms with E-state index in [1.165, 1.54) is 17.0 Å². The molecule has 0 amide bonds. The van der Waals surface area contributed by atoms with Gasteiger partial charge in [0.05, 0.1) is 13.2 Å². The molecule has 0 aromatic carbocycles. The molecule has 1 aliphatic rings. The maximum atomic E-state index is 6.34. The van der Waals surface area contributed by atoms with Crippen LogP contribution in [-0.2, 0) is 17.7 Å². The van der Waals surface area contributed by atoms with Gasteiger partial charge >= 0.3 is 0 Å². The van der Waals surface area contributed by atoms with Crippen molar-refractivity contribution in [3.8, 4) is 0 Å². The van der Waals surface area contributed by atoms with Gasteiger partial charge in [0.15, 0.2) is 0 Å². The molecule has 1 aromatic rings. The van der Waals surface area contributed by atoms with Gasteiger partial charge in [-0.2, -0.15) is 0 Å². The van der Waals surface area contributed by atoms with Crippen molar-refractivity contribution in [2.45, 2.75) is 53.1 Å². The zero-order valence-electron chi connectivity index (χ0n) is 13.3. The molecule has 112 valence electrons. The zero-order valence-corrected chi connectivity index (χ0v) is 13.3. The average molecular weight is 276 g/mol. The molecule has 0 saturated heterocycles. The van der Waals surface area contributed by atoms with Crippen LogP contribution in [0.4, 0.5) is 0 Å². The van der Waals surface area contributed by atoms with Crippen LogP contribution in [0.25, 0.3) is 0 Å². The minimum absolute atomic E-state index is 0.171. The van der Waals surface area contributed by atoms with Gasteiger partial charge in [0.2, 0.25) is 0 Å². The van der Waals surface area contributed by atoms with Gasteiger partial charge in [-0.15, -0.1) is 0 Å². The summed E-state index contributed by atoms with van der Waals surface area (Å²) in [5.41, 5.74) is 11.7. The van der Waals surface area contributed by atoms with Crippen molar-refractivity contribution in [3.05, 3.63) is 35.2 Å². The quantitative estimate of drug-likeness (QED) is 0.661. The molecular formula is C17H28N2O. The lowest BCUT2D eigenvalue weighted by Crippen LogP contribution is -2.30. The van der Waals surface area contributed by atoms with Crippen LogP contribution in [-0.4, -0.2) is 17.8 Å². The Balaban J connectivity index is 2.12. The standard InChI is InChI=1S/C17H28N2O/c1-12(2)11-20-7-6-19-13(3)8-14-15(18)9-17(4,5)10-16(14)19/h8,15H,1,6-7,9-11,18H2,2-5H3. The second-order valence-electron chi connectivity index (χ2n) is 7.00. The van der Waals surface area contributed by atoms with Crippen LogP contribution in [0.1, 0.15) is 50.2 Å². The predicted octanol–water partition coefficient (Wildman–Crippen LogP) is 3.36. The molecule has 1 atom stereocenters.